The summed E-state index contributed by atoms with van der Waals surface area (Å²) < 4.78 is 0. The Hall–Kier alpha value is -1.62. The molecule has 0 saturated carbocycles. The van der Waals surface area contributed by atoms with Gasteiger partial charge in [0.25, 0.3) is 5.91 Å². The topological polar surface area (TPSA) is 100 Å². The number of nitriles is 1. The molecular weight excluding hydrogens is 246 g/mol. The Morgan fingerprint density at radius 1 is 1.42 bits per heavy atom. The molecule has 0 aromatic heterocycles. The van der Waals surface area contributed by atoms with E-state index in [1.807, 2.05) is 6.07 Å². The number of piperazine rings is 1. The molecule has 1 rings (SSSR count). The summed E-state index contributed by atoms with van der Waals surface area (Å²) in [5.41, 5.74) is 0.0220. The highest BCUT2D eigenvalue weighted by molar-refractivity contribution is 5.97. The molecule has 1 aliphatic rings. The molecule has 7 nitrogen and oxygen atoms in total. The van der Waals surface area contributed by atoms with Crippen molar-refractivity contribution in [1.29, 1.82) is 5.26 Å². The van der Waals surface area contributed by atoms with E-state index < -0.39 is 0 Å². The highest BCUT2D eigenvalue weighted by Crippen LogP contribution is 1.92. The Morgan fingerprint density at radius 3 is 2.79 bits per heavy atom. The lowest BCUT2D eigenvalue weighted by Gasteiger charge is -2.27. The number of hydrogen-bond donors (Lipinski definition) is 4. The maximum absolute atomic E-state index is 11.7. The van der Waals surface area contributed by atoms with Gasteiger partial charge in [0.2, 0.25) is 0 Å². The van der Waals surface area contributed by atoms with Crippen molar-refractivity contribution in [3.8, 4) is 6.07 Å². The number of amides is 1. The van der Waals surface area contributed by atoms with Crippen LogP contribution in [0.15, 0.2) is 11.8 Å². The molecule has 4 N–H and O–H groups in total. The van der Waals surface area contributed by atoms with E-state index in [0.717, 1.165) is 32.7 Å². The third kappa shape index (κ3) is 6.20. The number of aliphatic hydroxyl groups is 1. The molecule has 0 aliphatic carbocycles. The summed E-state index contributed by atoms with van der Waals surface area (Å²) in [7, 11) is 0. The van der Waals surface area contributed by atoms with E-state index in [2.05, 4.69) is 20.9 Å². The summed E-state index contributed by atoms with van der Waals surface area (Å²) in [5, 5.41) is 26.1. The first-order valence-corrected chi connectivity index (χ1v) is 6.43. The molecule has 1 aliphatic heterocycles. The summed E-state index contributed by atoms with van der Waals surface area (Å²) in [6.45, 7) is 5.50. The normalized spacial score (nSPS) is 16.7. The molecule has 0 spiro atoms. The van der Waals surface area contributed by atoms with Crippen LogP contribution in [-0.4, -0.2) is 68.3 Å². The van der Waals surface area contributed by atoms with Gasteiger partial charge in [0.15, 0.2) is 0 Å². The van der Waals surface area contributed by atoms with Crippen molar-refractivity contribution in [2.75, 3.05) is 52.4 Å². The van der Waals surface area contributed by atoms with Gasteiger partial charge in [-0.3, -0.25) is 9.69 Å². The second-order valence-electron chi connectivity index (χ2n) is 4.20. The van der Waals surface area contributed by atoms with Crippen molar-refractivity contribution in [1.82, 2.24) is 20.9 Å². The Kier molecular flexibility index (Phi) is 7.58. The Balaban J connectivity index is 2.24. The minimum Gasteiger partial charge on any atom is -0.395 e. The van der Waals surface area contributed by atoms with Crippen LogP contribution in [0.25, 0.3) is 0 Å². The zero-order valence-corrected chi connectivity index (χ0v) is 11.0. The van der Waals surface area contributed by atoms with Crippen LogP contribution in [0.3, 0.4) is 0 Å². The first kappa shape index (κ1) is 15.4. The van der Waals surface area contributed by atoms with Gasteiger partial charge in [0.05, 0.1) is 6.61 Å². The summed E-state index contributed by atoms with van der Waals surface area (Å²) in [4.78, 5) is 13.9. The second-order valence-corrected chi connectivity index (χ2v) is 4.20. The molecule has 0 aromatic rings. The smallest absolute Gasteiger partial charge is 0.263 e. The van der Waals surface area contributed by atoms with Gasteiger partial charge in [0.1, 0.15) is 11.6 Å². The van der Waals surface area contributed by atoms with E-state index in [0.29, 0.717) is 13.1 Å². The molecule has 1 saturated heterocycles. The van der Waals surface area contributed by atoms with Gasteiger partial charge in [-0.05, 0) is 0 Å². The SMILES string of the molecule is N#C/C(=C/NCCO)C(=O)NCCN1CCNCC1. The summed E-state index contributed by atoms with van der Waals surface area (Å²) in [6.07, 6.45) is 1.33. The van der Waals surface area contributed by atoms with Crippen molar-refractivity contribution in [2.45, 2.75) is 0 Å². The average molecular weight is 267 g/mol. The highest BCUT2D eigenvalue weighted by atomic mass is 16.3. The monoisotopic (exact) mass is 267 g/mol. The van der Waals surface area contributed by atoms with Gasteiger partial charge in [-0.2, -0.15) is 5.26 Å². The van der Waals surface area contributed by atoms with Crippen LogP contribution >= 0.6 is 0 Å². The van der Waals surface area contributed by atoms with Gasteiger partial charge < -0.3 is 21.1 Å². The lowest BCUT2D eigenvalue weighted by Crippen LogP contribution is -2.46. The van der Waals surface area contributed by atoms with Crippen molar-refractivity contribution in [2.24, 2.45) is 0 Å². The number of nitrogens with one attached hydrogen (secondary N) is 3. The molecule has 1 amide bonds. The van der Waals surface area contributed by atoms with Gasteiger partial charge in [-0.1, -0.05) is 0 Å². The predicted octanol–water partition coefficient (Wildman–Crippen LogP) is -2.00. The van der Waals surface area contributed by atoms with Crippen molar-refractivity contribution < 1.29 is 9.90 Å². The quantitative estimate of drug-likeness (QED) is 0.242. The molecule has 0 unspecified atom stereocenters. The second kappa shape index (κ2) is 9.33. The fourth-order valence-electron chi connectivity index (χ4n) is 1.74. The Bertz CT molecular complexity index is 345. The fourth-order valence-corrected chi connectivity index (χ4v) is 1.74. The largest absolute Gasteiger partial charge is 0.395 e. The van der Waals surface area contributed by atoms with E-state index in [-0.39, 0.29) is 18.1 Å². The lowest BCUT2D eigenvalue weighted by atomic mass is 10.3. The Morgan fingerprint density at radius 2 is 2.16 bits per heavy atom. The third-order valence-electron chi connectivity index (χ3n) is 2.79. The van der Waals surface area contributed by atoms with Crippen LogP contribution in [-0.2, 0) is 4.79 Å². The van der Waals surface area contributed by atoms with Gasteiger partial charge in [0, 0.05) is 52.0 Å². The highest BCUT2D eigenvalue weighted by Gasteiger charge is 2.11. The number of carbonyl (C=O) groups excluding carboxylic acids is 1. The summed E-state index contributed by atoms with van der Waals surface area (Å²) in [5.74, 6) is -0.386. The van der Waals surface area contributed by atoms with E-state index in [1.54, 1.807) is 0 Å². The molecule has 19 heavy (non-hydrogen) atoms. The van der Waals surface area contributed by atoms with Crippen LogP contribution in [0.5, 0.6) is 0 Å². The molecule has 1 fully saturated rings. The minimum absolute atomic E-state index is 0.0220. The lowest BCUT2D eigenvalue weighted by molar-refractivity contribution is -0.117. The van der Waals surface area contributed by atoms with Gasteiger partial charge in [-0.15, -0.1) is 0 Å². The van der Waals surface area contributed by atoms with Crippen molar-refractivity contribution in [3.63, 3.8) is 0 Å². The summed E-state index contributed by atoms with van der Waals surface area (Å²) in [6, 6.07) is 1.83. The zero-order chi connectivity index (χ0) is 13.9. The maximum atomic E-state index is 11.7. The van der Waals surface area contributed by atoms with Gasteiger partial charge >= 0.3 is 0 Å². The standard InChI is InChI=1S/C12H21N5O2/c13-9-11(10-15-4-8-18)12(19)16-3-7-17-5-1-14-2-6-17/h10,14-15,18H,1-8H2,(H,16,19)/b11-10-. The van der Waals surface area contributed by atoms with Crippen LogP contribution in [0.1, 0.15) is 0 Å². The number of aliphatic hydroxyl groups excluding tert-OH is 1. The van der Waals surface area contributed by atoms with Crippen LogP contribution in [0.2, 0.25) is 0 Å². The molecule has 0 bridgehead atoms. The van der Waals surface area contributed by atoms with Gasteiger partial charge in [-0.25, -0.2) is 0 Å². The summed E-state index contributed by atoms with van der Waals surface area (Å²) >= 11 is 0. The number of rotatable bonds is 7. The predicted molar refractivity (Wildman–Crippen MR) is 71.1 cm³/mol. The third-order valence-corrected chi connectivity index (χ3v) is 2.79. The Labute approximate surface area is 113 Å². The molecule has 0 atom stereocenters. The number of hydrogen-bond acceptors (Lipinski definition) is 6. The zero-order valence-electron chi connectivity index (χ0n) is 11.0. The average Bonchev–Trinajstić information content (AvgIpc) is 2.44. The minimum atomic E-state index is -0.386. The molecular formula is C12H21N5O2. The van der Waals surface area contributed by atoms with Crippen molar-refractivity contribution in [3.05, 3.63) is 11.8 Å². The van der Waals surface area contributed by atoms with E-state index in [9.17, 15) is 4.79 Å². The molecule has 1 heterocycles. The van der Waals surface area contributed by atoms with E-state index in [1.165, 1.54) is 6.20 Å². The molecule has 0 aromatic carbocycles. The van der Waals surface area contributed by atoms with E-state index in [4.69, 9.17) is 10.4 Å². The first-order valence-electron chi connectivity index (χ1n) is 6.43. The molecule has 7 heteroatoms. The first-order chi connectivity index (χ1) is 9.27. The van der Waals surface area contributed by atoms with Crippen LogP contribution < -0.4 is 16.0 Å². The van der Waals surface area contributed by atoms with E-state index >= 15 is 0 Å². The molecule has 0 radical (unpaired) electrons. The fraction of sp³-hybridized carbons (Fsp3) is 0.667. The number of nitrogens with zero attached hydrogens (tertiary/aromatic N) is 2. The van der Waals surface area contributed by atoms with Crippen molar-refractivity contribution >= 4 is 5.91 Å². The number of carbonyl (C=O) groups is 1. The van der Waals surface area contributed by atoms with Crippen LogP contribution in [0, 0.1) is 11.3 Å². The van der Waals surface area contributed by atoms with Crippen LogP contribution in [0.4, 0.5) is 0 Å². The molecule has 106 valence electrons. The maximum Gasteiger partial charge on any atom is 0.263 e.